The van der Waals surface area contributed by atoms with E-state index in [0.29, 0.717) is 12.0 Å². The van der Waals surface area contributed by atoms with Gasteiger partial charge in [-0.05, 0) is 48.6 Å². The van der Waals surface area contributed by atoms with Crippen LogP contribution in [0.15, 0.2) is 47.8 Å². The maximum Gasteiger partial charge on any atom is 0.258 e. The van der Waals surface area contributed by atoms with Gasteiger partial charge in [-0.2, -0.15) is 0 Å². The highest BCUT2D eigenvalue weighted by atomic mass is 32.1. The number of nitrogens with zero attached hydrogens (tertiary/aromatic N) is 1. The number of amides is 1. The third kappa shape index (κ3) is 3.43. The van der Waals surface area contributed by atoms with Crippen LogP contribution in [0.3, 0.4) is 0 Å². The molecule has 2 aliphatic carbocycles. The number of likely N-dealkylation sites (tertiary alicyclic amines) is 1. The van der Waals surface area contributed by atoms with Crippen LogP contribution in [0, 0.1) is 11.8 Å². The summed E-state index contributed by atoms with van der Waals surface area (Å²) < 4.78 is 0. The summed E-state index contributed by atoms with van der Waals surface area (Å²) in [5.74, 6) is 0.347. The van der Waals surface area contributed by atoms with Crippen molar-refractivity contribution in [2.24, 2.45) is 11.8 Å². The number of carbonyl (C=O) groups excluding carboxylic acids is 1. The van der Waals surface area contributed by atoms with E-state index in [1.807, 2.05) is 17.5 Å². The van der Waals surface area contributed by atoms with Gasteiger partial charge < -0.3 is 10.4 Å². The predicted molar refractivity (Wildman–Crippen MR) is 115 cm³/mol. The van der Waals surface area contributed by atoms with Crippen molar-refractivity contribution in [2.45, 2.75) is 62.8 Å². The third-order valence-electron chi connectivity index (χ3n) is 7.41. The van der Waals surface area contributed by atoms with Crippen LogP contribution in [0.25, 0.3) is 0 Å². The van der Waals surface area contributed by atoms with Crippen molar-refractivity contribution >= 4 is 17.2 Å². The molecule has 1 amide bonds. The second-order valence-electron chi connectivity index (χ2n) is 9.04. The Labute approximate surface area is 176 Å². The zero-order chi connectivity index (χ0) is 19.8. The van der Waals surface area contributed by atoms with Gasteiger partial charge in [0.15, 0.2) is 5.60 Å². The number of rotatable bonds is 6. The SMILES string of the molecule is O=C(NC1C2CCC1N(Cc1ccccc1)C2)C(O)(c1cccs1)C1CCCC1. The first kappa shape index (κ1) is 19.3. The molecular weight excluding hydrogens is 380 g/mol. The van der Waals surface area contributed by atoms with Crippen LogP contribution in [0.2, 0.25) is 0 Å². The van der Waals surface area contributed by atoms with E-state index in [4.69, 9.17) is 0 Å². The molecule has 4 unspecified atom stereocenters. The Kier molecular flexibility index (Phi) is 5.23. The van der Waals surface area contributed by atoms with Crippen LogP contribution in [0.5, 0.6) is 0 Å². The molecule has 2 N–H and O–H groups in total. The molecule has 1 saturated heterocycles. The minimum absolute atomic E-state index is 0.0284. The first-order valence-electron chi connectivity index (χ1n) is 11.0. The van der Waals surface area contributed by atoms with Crippen LogP contribution in [0.1, 0.15) is 49.0 Å². The lowest BCUT2D eigenvalue weighted by Crippen LogP contribution is -2.54. The minimum Gasteiger partial charge on any atom is -0.374 e. The predicted octanol–water partition coefficient (Wildman–Crippen LogP) is 3.91. The average molecular weight is 411 g/mol. The molecule has 3 aliphatic rings. The van der Waals surface area contributed by atoms with Crippen LogP contribution < -0.4 is 5.32 Å². The fourth-order valence-corrected chi connectivity index (χ4v) is 6.82. The number of carbonyl (C=O) groups is 1. The summed E-state index contributed by atoms with van der Waals surface area (Å²) in [5.41, 5.74) is -0.0529. The number of hydrogen-bond acceptors (Lipinski definition) is 4. The Morgan fingerprint density at radius 1 is 1.10 bits per heavy atom. The Bertz CT molecular complexity index is 834. The highest BCUT2D eigenvalue weighted by Gasteiger charge is 2.52. The van der Waals surface area contributed by atoms with Crippen molar-refractivity contribution < 1.29 is 9.90 Å². The fraction of sp³-hybridized carbons (Fsp3) is 0.542. The number of nitrogens with one attached hydrogen (secondary N) is 1. The first-order valence-corrected chi connectivity index (χ1v) is 11.9. The van der Waals surface area contributed by atoms with E-state index >= 15 is 0 Å². The Balaban J connectivity index is 1.33. The number of piperidine rings is 1. The van der Waals surface area contributed by atoms with Crippen LogP contribution in [0.4, 0.5) is 0 Å². The van der Waals surface area contributed by atoms with Gasteiger partial charge in [0.2, 0.25) is 0 Å². The van der Waals surface area contributed by atoms with Gasteiger partial charge in [-0.25, -0.2) is 0 Å². The quantitative estimate of drug-likeness (QED) is 0.759. The molecule has 1 aliphatic heterocycles. The lowest BCUT2D eigenvalue weighted by atomic mass is 9.83. The Morgan fingerprint density at radius 2 is 1.90 bits per heavy atom. The number of aliphatic hydroxyl groups is 1. The second-order valence-corrected chi connectivity index (χ2v) is 9.99. The standard InChI is InChI=1S/C24H30N2O2S/c27-23(24(28,19-9-4-5-10-19)21-11-6-14-29-21)25-22-18-12-13-20(22)26(16-18)15-17-7-2-1-3-8-17/h1-3,6-8,11,14,18-20,22,28H,4-5,9-10,12-13,15-16H2,(H,25,27). The van der Waals surface area contributed by atoms with Crippen LogP contribution in [-0.2, 0) is 16.9 Å². The van der Waals surface area contributed by atoms with Gasteiger partial charge in [-0.15, -0.1) is 11.3 Å². The van der Waals surface area contributed by atoms with E-state index in [2.05, 4.69) is 40.5 Å². The topological polar surface area (TPSA) is 52.6 Å². The number of fused-ring (bicyclic) bond motifs is 2. The summed E-state index contributed by atoms with van der Waals surface area (Å²) in [4.78, 5) is 16.8. The zero-order valence-corrected chi connectivity index (χ0v) is 17.6. The van der Waals surface area contributed by atoms with Crippen molar-refractivity contribution in [3.05, 3.63) is 58.3 Å². The van der Waals surface area contributed by atoms with Gasteiger partial charge >= 0.3 is 0 Å². The third-order valence-corrected chi connectivity index (χ3v) is 8.40. The van der Waals surface area contributed by atoms with Crippen molar-refractivity contribution in [2.75, 3.05) is 6.54 Å². The molecule has 3 fully saturated rings. The van der Waals surface area contributed by atoms with Gasteiger partial charge in [-0.1, -0.05) is 49.2 Å². The lowest BCUT2D eigenvalue weighted by molar-refractivity contribution is -0.148. The molecule has 1 aromatic heterocycles. The molecule has 29 heavy (non-hydrogen) atoms. The number of benzene rings is 1. The fourth-order valence-electron chi connectivity index (χ4n) is 5.92. The number of thiophene rings is 1. The molecule has 0 spiro atoms. The molecule has 4 nitrogen and oxygen atoms in total. The molecule has 0 radical (unpaired) electrons. The normalized spacial score (nSPS) is 29.2. The molecule has 4 atom stereocenters. The minimum atomic E-state index is -1.38. The molecule has 154 valence electrons. The van der Waals surface area contributed by atoms with E-state index in [9.17, 15) is 9.90 Å². The molecule has 2 aromatic rings. The van der Waals surface area contributed by atoms with Gasteiger partial charge in [-0.3, -0.25) is 9.69 Å². The maximum atomic E-state index is 13.5. The largest absolute Gasteiger partial charge is 0.374 e. The molecule has 2 bridgehead atoms. The van der Waals surface area contributed by atoms with E-state index in [0.717, 1.165) is 50.1 Å². The lowest BCUT2D eigenvalue weighted by Gasteiger charge is -2.34. The molecule has 2 saturated carbocycles. The van der Waals surface area contributed by atoms with Crippen molar-refractivity contribution in [3.63, 3.8) is 0 Å². The highest BCUT2D eigenvalue weighted by molar-refractivity contribution is 7.10. The van der Waals surface area contributed by atoms with Gasteiger partial charge in [0.1, 0.15) is 0 Å². The van der Waals surface area contributed by atoms with E-state index < -0.39 is 5.60 Å². The van der Waals surface area contributed by atoms with E-state index in [1.165, 1.54) is 23.3 Å². The first-order chi connectivity index (χ1) is 14.2. The second kappa shape index (κ2) is 7.86. The molecular formula is C24H30N2O2S. The average Bonchev–Trinajstić information content (AvgIpc) is 3.54. The molecule has 5 heteroatoms. The highest BCUT2D eigenvalue weighted by Crippen LogP contribution is 2.44. The van der Waals surface area contributed by atoms with Crippen molar-refractivity contribution in [1.29, 1.82) is 0 Å². The van der Waals surface area contributed by atoms with Crippen LogP contribution in [-0.4, -0.2) is 34.5 Å². The van der Waals surface area contributed by atoms with E-state index in [1.54, 1.807) is 0 Å². The summed E-state index contributed by atoms with van der Waals surface area (Å²) in [6.45, 7) is 1.97. The summed E-state index contributed by atoms with van der Waals surface area (Å²) in [6, 6.07) is 15.0. The maximum absolute atomic E-state index is 13.5. The smallest absolute Gasteiger partial charge is 0.258 e. The summed E-state index contributed by atoms with van der Waals surface area (Å²) in [5, 5.41) is 17.0. The molecule has 2 heterocycles. The zero-order valence-electron chi connectivity index (χ0n) is 16.8. The monoisotopic (exact) mass is 410 g/mol. The molecule has 1 aromatic carbocycles. The van der Waals surface area contributed by atoms with Gasteiger partial charge in [0.05, 0.1) is 0 Å². The van der Waals surface area contributed by atoms with Crippen LogP contribution >= 0.6 is 11.3 Å². The van der Waals surface area contributed by atoms with E-state index in [-0.39, 0.29) is 17.9 Å². The summed E-state index contributed by atoms with van der Waals surface area (Å²) in [6.07, 6.45) is 6.36. The summed E-state index contributed by atoms with van der Waals surface area (Å²) in [7, 11) is 0. The Hall–Kier alpha value is -1.69. The van der Waals surface area contributed by atoms with Gasteiger partial charge in [0, 0.05) is 36.0 Å². The van der Waals surface area contributed by atoms with Crippen molar-refractivity contribution in [1.82, 2.24) is 10.2 Å². The molecule has 5 rings (SSSR count). The van der Waals surface area contributed by atoms with Gasteiger partial charge in [0.25, 0.3) is 5.91 Å². The number of hydrogen-bond donors (Lipinski definition) is 2. The summed E-state index contributed by atoms with van der Waals surface area (Å²) >= 11 is 1.50. The Morgan fingerprint density at radius 3 is 2.62 bits per heavy atom. The van der Waals surface area contributed by atoms with Crippen molar-refractivity contribution in [3.8, 4) is 0 Å².